The molecule has 0 amide bonds. The van der Waals surface area contributed by atoms with Crippen LogP contribution in [0.3, 0.4) is 0 Å². The van der Waals surface area contributed by atoms with Gasteiger partial charge in [-0.05, 0) is 31.6 Å². The molecule has 0 fully saturated rings. The van der Waals surface area contributed by atoms with Crippen molar-refractivity contribution in [3.8, 4) is 0 Å². The second-order valence-electron chi connectivity index (χ2n) is 6.88. The summed E-state index contributed by atoms with van der Waals surface area (Å²) in [6, 6.07) is 0. The Morgan fingerprint density at radius 1 is 0.643 bits per heavy atom. The molecule has 0 aromatic heterocycles. The van der Waals surface area contributed by atoms with Crippen molar-refractivity contribution in [2.75, 3.05) is 0 Å². The summed E-state index contributed by atoms with van der Waals surface area (Å²) in [5.41, 5.74) is 3.81. The lowest BCUT2D eigenvalue weighted by molar-refractivity contribution is 0.469. The van der Waals surface area contributed by atoms with Crippen LogP contribution in [0.4, 0.5) is 0 Å². The van der Waals surface area contributed by atoms with Crippen LogP contribution in [-0.2, 0) is 0 Å². The van der Waals surface area contributed by atoms with Crippen LogP contribution < -0.4 is 0 Å². The molecule has 0 bridgehead atoms. The largest absolute Gasteiger partial charge is 0.0770 e. The fourth-order valence-corrected chi connectivity index (χ4v) is 0.750. The average molecular weight is 198 g/mol. The zero-order valence-corrected chi connectivity index (χ0v) is 12.0. The second-order valence-corrected chi connectivity index (χ2v) is 6.88. The number of hydrogen-bond donors (Lipinski definition) is 0. The van der Waals surface area contributed by atoms with Gasteiger partial charge in [-0.25, -0.2) is 0 Å². The van der Waals surface area contributed by atoms with Crippen molar-refractivity contribution in [1.82, 2.24) is 0 Å². The van der Waals surface area contributed by atoms with E-state index in [0.717, 1.165) is 0 Å². The van der Waals surface area contributed by atoms with Gasteiger partial charge in [0.05, 0.1) is 0 Å². The lowest BCUT2D eigenvalue weighted by Crippen LogP contribution is -2.07. The third kappa shape index (κ3) is 14.3. The maximum absolute atomic E-state index is 2.25. The summed E-state index contributed by atoms with van der Waals surface area (Å²) < 4.78 is 0. The van der Waals surface area contributed by atoms with E-state index in [1.54, 1.807) is 0 Å². The zero-order chi connectivity index (χ0) is 12.2. The van der Waals surface area contributed by atoms with Crippen LogP contribution in [0.25, 0.3) is 0 Å². The summed E-state index contributed by atoms with van der Waals surface area (Å²) in [6.07, 6.45) is 0. The van der Waals surface area contributed by atoms with E-state index in [1.807, 2.05) is 0 Å². The lowest BCUT2D eigenvalue weighted by atomic mass is 9.85. The monoisotopic (exact) mass is 198 g/mol. The Bertz CT molecular complexity index is 171. The molecule has 0 aliphatic carbocycles. The second kappa shape index (κ2) is 5.58. The van der Waals surface area contributed by atoms with Crippen LogP contribution in [0.1, 0.15) is 69.2 Å². The summed E-state index contributed by atoms with van der Waals surface area (Å²) in [5.74, 6) is 0. The van der Waals surface area contributed by atoms with Gasteiger partial charge in [0, 0.05) is 0 Å². The van der Waals surface area contributed by atoms with Crippen LogP contribution in [0, 0.1) is 10.8 Å². The van der Waals surface area contributed by atoms with E-state index in [0.29, 0.717) is 10.8 Å². The van der Waals surface area contributed by atoms with E-state index in [-0.39, 0.29) is 0 Å². The Kier molecular flexibility index (Phi) is 6.45. The Morgan fingerprint density at radius 2 is 0.857 bits per heavy atom. The van der Waals surface area contributed by atoms with Gasteiger partial charge in [0.15, 0.2) is 0 Å². The average Bonchev–Trinajstić information content (AvgIpc) is 1.79. The van der Waals surface area contributed by atoms with Crippen LogP contribution in [0.2, 0.25) is 0 Å². The first-order chi connectivity index (χ1) is 5.85. The summed E-state index contributed by atoms with van der Waals surface area (Å²) >= 11 is 0. The highest BCUT2D eigenvalue weighted by Gasteiger charge is 2.12. The third-order valence-corrected chi connectivity index (χ3v) is 1.88. The predicted octanol–water partition coefficient (Wildman–Crippen LogP) is 5.44. The Hall–Kier alpha value is -0.260. The molecule has 0 aromatic carbocycles. The van der Waals surface area contributed by atoms with Gasteiger partial charge in [-0.3, -0.25) is 0 Å². The first-order valence-electron chi connectivity index (χ1n) is 5.50. The first kappa shape index (κ1) is 16.2. The maximum Gasteiger partial charge on any atom is -0.0173 e. The van der Waals surface area contributed by atoms with E-state index in [1.165, 1.54) is 11.1 Å². The molecule has 0 aliphatic heterocycles. The number of hydrogen-bond acceptors (Lipinski definition) is 0. The van der Waals surface area contributed by atoms with Crippen molar-refractivity contribution in [1.29, 1.82) is 0 Å². The highest BCUT2D eigenvalue weighted by molar-refractivity contribution is 5.13. The molecule has 0 rings (SSSR count). The quantitative estimate of drug-likeness (QED) is 0.455. The molecule has 0 nitrogen and oxygen atoms in total. The Morgan fingerprint density at radius 3 is 0.857 bits per heavy atom. The molecule has 14 heavy (non-hydrogen) atoms. The van der Waals surface area contributed by atoms with Crippen LogP contribution >= 0.6 is 0 Å². The highest BCUT2D eigenvalue weighted by Crippen LogP contribution is 2.26. The zero-order valence-electron chi connectivity index (χ0n) is 12.0. The molecule has 0 spiro atoms. The van der Waals surface area contributed by atoms with E-state index in [2.05, 4.69) is 69.2 Å². The molecule has 0 heteroatoms. The molecule has 0 heterocycles. The molecule has 0 saturated heterocycles. The van der Waals surface area contributed by atoms with E-state index >= 15 is 0 Å². The van der Waals surface area contributed by atoms with Crippen molar-refractivity contribution in [3.05, 3.63) is 11.1 Å². The van der Waals surface area contributed by atoms with Crippen molar-refractivity contribution >= 4 is 0 Å². The molecule has 0 aliphatic rings. The lowest BCUT2D eigenvalue weighted by Gasteiger charge is -2.20. The van der Waals surface area contributed by atoms with Gasteiger partial charge >= 0.3 is 0 Å². The van der Waals surface area contributed by atoms with Crippen molar-refractivity contribution in [3.63, 3.8) is 0 Å². The standard InChI is InChI=1S/C9H18.C5H12/c1-7(2)8(3)9(4,5)6;1-5(2,3)4/h1-6H3;1-4H3. The topological polar surface area (TPSA) is 0 Å². The van der Waals surface area contributed by atoms with Crippen molar-refractivity contribution in [2.24, 2.45) is 10.8 Å². The number of rotatable bonds is 0. The molecule has 0 aromatic rings. The minimum absolute atomic E-state index is 0.360. The van der Waals surface area contributed by atoms with Crippen LogP contribution in [-0.4, -0.2) is 0 Å². The molecular weight excluding hydrogens is 168 g/mol. The van der Waals surface area contributed by atoms with Crippen molar-refractivity contribution in [2.45, 2.75) is 69.2 Å². The van der Waals surface area contributed by atoms with Gasteiger partial charge in [0.2, 0.25) is 0 Å². The predicted molar refractivity (Wildman–Crippen MR) is 68.6 cm³/mol. The molecule has 0 atom stereocenters. The fraction of sp³-hybridized carbons (Fsp3) is 0.857. The third-order valence-electron chi connectivity index (χ3n) is 1.88. The highest BCUT2D eigenvalue weighted by atomic mass is 14.2. The van der Waals surface area contributed by atoms with Crippen molar-refractivity contribution < 1.29 is 0 Å². The molecule has 0 unspecified atom stereocenters. The van der Waals surface area contributed by atoms with Crippen LogP contribution in [0.5, 0.6) is 0 Å². The molecular formula is C14H30. The first-order valence-corrected chi connectivity index (χ1v) is 5.50. The van der Waals surface area contributed by atoms with Gasteiger partial charge < -0.3 is 0 Å². The normalized spacial score (nSPS) is 11.6. The molecule has 0 radical (unpaired) electrons. The van der Waals surface area contributed by atoms with Gasteiger partial charge in [-0.1, -0.05) is 59.6 Å². The summed E-state index contributed by atoms with van der Waals surface area (Å²) in [7, 11) is 0. The summed E-state index contributed by atoms with van der Waals surface area (Å²) in [6.45, 7) is 22.0. The Balaban J connectivity index is 0. The minimum atomic E-state index is 0.360. The van der Waals surface area contributed by atoms with Gasteiger partial charge in [0.25, 0.3) is 0 Å². The van der Waals surface area contributed by atoms with E-state index in [4.69, 9.17) is 0 Å². The fourth-order valence-electron chi connectivity index (χ4n) is 0.750. The molecule has 0 N–H and O–H groups in total. The Labute approximate surface area is 91.8 Å². The molecule has 86 valence electrons. The SMILES string of the molecule is CC(C)(C)C.CC(C)=C(C)C(C)(C)C. The minimum Gasteiger partial charge on any atom is -0.0770 e. The summed E-state index contributed by atoms with van der Waals surface area (Å²) in [5, 5.41) is 0. The smallest absolute Gasteiger partial charge is 0.0173 e. The number of allylic oxidation sites excluding steroid dienone is 2. The molecule has 0 saturated carbocycles. The van der Waals surface area contributed by atoms with E-state index in [9.17, 15) is 0 Å². The van der Waals surface area contributed by atoms with Gasteiger partial charge in [-0.15, -0.1) is 0 Å². The van der Waals surface area contributed by atoms with Gasteiger partial charge in [-0.2, -0.15) is 0 Å². The maximum atomic E-state index is 2.25. The van der Waals surface area contributed by atoms with E-state index < -0.39 is 0 Å². The summed E-state index contributed by atoms with van der Waals surface area (Å²) in [4.78, 5) is 0. The van der Waals surface area contributed by atoms with Gasteiger partial charge in [0.1, 0.15) is 0 Å². The van der Waals surface area contributed by atoms with Crippen LogP contribution in [0.15, 0.2) is 11.1 Å².